The number of rotatable bonds is 4. The lowest BCUT2D eigenvalue weighted by atomic mass is 10.2. The number of amidine groups is 1. The highest BCUT2D eigenvalue weighted by Crippen LogP contribution is 2.18. The van der Waals surface area contributed by atoms with E-state index in [-0.39, 0.29) is 10.8 Å². The summed E-state index contributed by atoms with van der Waals surface area (Å²) >= 11 is 2.13. The van der Waals surface area contributed by atoms with Crippen molar-refractivity contribution in [1.82, 2.24) is 4.72 Å². The van der Waals surface area contributed by atoms with Crippen LogP contribution < -0.4 is 10.0 Å². The van der Waals surface area contributed by atoms with Crippen LogP contribution in [0.15, 0.2) is 58.4 Å². The van der Waals surface area contributed by atoms with Crippen molar-refractivity contribution in [1.29, 1.82) is 0 Å². The first-order valence-electron chi connectivity index (χ1n) is 7.67. The van der Waals surface area contributed by atoms with Crippen molar-refractivity contribution in [2.45, 2.75) is 17.7 Å². The second-order valence-electron chi connectivity index (χ2n) is 5.53. The molecule has 2 aromatic carbocycles. The van der Waals surface area contributed by atoms with Gasteiger partial charge in [-0.05, 0) is 65.4 Å². The van der Waals surface area contributed by atoms with Gasteiger partial charge in [0.1, 0.15) is 5.84 Å². The van der Waals surface area contributed by atoms with Crippen molar-refractivity contribution in [3.8, 4) is 0 Å². The van der Waals surface area contributed by atoms with E-state index in [1.807, 2.05) is 6.07 Å². The van der Waals surface area contributed by atoms with E-state index in [9.17, 15) is 13.2 Å². The Bertz CT molecular complexity index is 942. The molecular formula is C17H16IN3O3S. The summed E-state index contributed by atoms with van der Waals surface area (Å²) in [4.78, 5) is 16.5. The fraction of sp³-hybridized carbons (Fsp3) is 0.176. The van der Waals surface area contributed by atoms with Crippen molar-refractivity contribution in [3.63, 3.8) is 0 Å². The van der Waals surface area contributed by atoms with Crippen LogP contribution >= 0.6 is 22.6 Å². The lowest BCUT2D eigenvalue weighted by molar-refractivity contribution is 0.102. The molecule has 6 nitrogen and oxygen atoms in total. The quantitative estimate of drug-likeness (QED) is 0.676. The molecule has 2 N–H and O–H groups in total. The van der Waals surface area contributed by atoms with Gasteiger partial charge in [-0.25, -0.2) is 8.42 Å². The lowest BCUT2D eigenvalue weighted by Crippen LogP contribution is -2.29. The van der Waals surface area contributed by atoms with E-state index in [2.05, 4.69) is 37.6 Å². The van der Waals surface area contributed by atoms with Gasteiger partial charge in [-0.1, -0.05) is 12.1 Å². The van der Waals surface area contributed by atoms with Crippen molar-refractivity contribution < 1.29 is 13.2 Å². The predicted molar refractivity (Wildman–Crippen MR) is 105 cm³/mol. The Morgan fingerprint density at radius 1 is 1.12 bits per heavy atom. The van der Waals surface area contributed by atoms with Crippen molar-refractivity contribution >= 4 is 50.0 Å². The third-order valence-corrected chi connectivity index (χ3v) is 5.67. The van der Waals surface area contributed by atoms with Crippen LogP contribution in [-0.4, -0.2) is 26.7 Å². The van der Waals surface area contributed by atoms with Crippen LogP contribution in [0, 0.1) is 3.57 Å². The maximum atomic E-state index is 12.4. The molecule has 0 bridgehead atoms. The largest absolute Gasteiger partial charge is 0.322 e. The predicted octanol–water partition coefficient (Wildman–Crippen LogP) is 3.01. The monoisotopic (exact) mass is 469 g/mol. The average molecular weight is 469 g/mol. The highest BCUT2D eigenvalue weighted by Gasteiger charge is 2.19. The molecule has 0 radical (unpaired) electrons. The van der Waals surface area contributed by atoms with Crippen LogP contribution in [0.4, 0.5) is 5.69 Å². The van der Waals surface area contributed by atoms with Crippen molar-refractivity contribution in [3.05, 3.63) is 57.7 Å². The first kappa shape index (κ1) is 17.9. The fourth-order valence-electron chi connectivity index (χ4n) is 2.41. The Morgan fingerprint density at radius 3 is 2.64 bits per heavy atom. The molecule has 0 aliphatic carbocycles. The molecule has 1 aliphatic heterocycles. The Balaban J connectivity index is 1.78. The molecule has 25 heavy (non-hydrogen) atoms. The first-order chi connectivity index (χ1) is 11.9. The van der Waals surface area contributed by atoms with Gasteiger partial charge in [0.2, 0.25) is 0 Å². The molecule has 0 unspecified atom stereocenters. The molecule has 0 fully saturated rings. The Kier molecular flexibility index (Phi) is 5.38. The van der Waals surface area contributed by atoms with E-state index in [1.165, 1.54) is 12.1 Å². The minimum atomic E-state index is -3.71. The highest BCUT2D eigenvalue weighted by molar-refractivity contribution is 14.1. The molecule has 0 saturated carbocycles. The topological polar surface area (TPSA) is 87.6 Å². The molecule has 130 valence electrons. The molecule has 0 atom stereocenters. The van der Waals surface area contributed by atoms with Gasteiger partial charge in [-0.2, -0.15) is 0 Å². The second-order valence-corrected chi connectivity index (χ2v) is 8.46. The number of sulfonamides is 1. The summed E-state index contributed by atoms with van der Waals surface area (Å²) in [5.74, 6) is 0.189. The van der Waals surface area contributed by atoms with Crippen molar-refractivity contribution in [2.24, 2.45) is 4.99 Å². The average Bonchev–Trinajstić information content (AvgIpc) is 3.07. The molecular weight excluding hydrogens is 453 g/mol. The number of carbonyl (C=O) groups excluding carboxylic acids is 1. The molecule has 8 heteroatoms. The van der Waals surface area contributed by atoms with E-state index in [1.54, 1.807) is 30.3 Å². The van der Waals surface area contributed by atoms with Crippen LogP contribution in [-0.2, 0) is 10.0 Å². The second kappa shape index (κ2) is 7.52. The summed E-state index contributed by atoms with van der Waals surface area (Å²) < 4.78 is 28.3. The number of hydrogen-bond acceptors (Lipinski definition) is 4. The normalized spacial score (nSPS) is 14.0. The van der Waals surface area contributed by atoms with Gasteiger partial charge >= 0.3 is 0 Å². The summed E-state index contributed by atoms with van der Waals surface area (Å²) in [5, 5.41) is 2.73. The number of benzene rings is 2. The van der Waals surface area contributed by atoms with E-state index < -0.39 is 10.0 Å². The van der Waals surface area contributed by atoms with Crippen molar-refractivity contribution in [2.75, 3.05) is 11.9 Å². The SMILES string of the molecule is O=C(Nc1cccc(S(=O)(=O)NC2=NCCC2)c1)c1cccc(I)c1. The third-order valence-electron chi connectivity index (χ3n) is 3.62. The zero-order chi connectivity index (χ0) is 17.9. The van der Waals surface area contributed by atoms with Gasteiger partial charge < -0.3 is 5.32 Å². The smallest absolute Gasteiger partial charge is 0.262 e. The van der Waals surface area contributed by atoms with Crippen LogP contribution in [0.1, 0.15) is 23.2 Å². The summed E-state index contributed by atoms with van der Waals surface area (Å²) in [6.07, 6.45) is 1.48. The Hall–Kier alpha value is -1.94. The number of nitrogens with one attached hydrogen (secondary N) is 2. The van der Waals surface area contributed by atoms with Crippen LogP contribution in [0.5, 0.6) is 0 Å². The van der Waals surface area contributed by atoms with E-state index in [0.717, 1.165) is 9.99 Å². The molecule has 1 heterocycles. The van der Waals surface area contributed by atoms with Gasteiger partial charge in [-0.3, -0.25) is 14.5 Å². The van der Waals surface area contributed by atoms with Crippen LogP contribution in [0.3, 0.4) is 0 Å². The summed E-state index contributed by atoms with van der Waals surface area (Å²) in [6, 6.07) is 13.3. The van der Waals surface area contributed by atoms with Gasteiger partial charge in [0, 0.05) is 27.8 Å². The molecule has 2 aromatic rings. The Morgan fingerprint density at radius 2 is 1.92 bits per heavy atom. The molecule has 0 spiro atoms. The molecule has 3 rings (SSSR count). The number of carbonyl (C=O) groups is 1. The number of aliphatic imine (C=N–C) groups is 1. The number of amides is 1. The molecule has 1 aliphatic rings. The number of anilines is 1. The van der Waals surface area contributed by atoms with E-state index in [4.69, 9.17) is 0 Å². The highest BCUT2D eigenvalue weighted by atomic mass is 127. The first-order valence-corrected chi connectivity index (χ1v) is 10.2. The molecule has 0 aromatic heterocycles. The zero-order valence-electron chi connectivity index (χ0n) is 13.2. The minimum absolute atomic E-state index is 0.0857. The number of halogens is 1. The summed E-state index contributed by atoms with van der Waals surface area (Å²) in [6.45, 7) is 0.643. The minimum Gasteiger partial charge on any atom is -0.322 e. The van der Waals surface area contributed by atoms with E-state index >= 15 is 0 Å². The van der Waals surface area contributed by atoms with Gasteiger partial charge in [0.05, 0.1) is 4.90 Å². The lowest BCUT2D eigenvalue weighted by Gasteiger charge is -2.10. The van der Waals surface area contributed by atoms with Crippen LogP contribution in [0.25, 0.3) is 0 Å². The van der Waals surface area contributed by atoms with Gasteiger partial charge in [-0.15, -0.1) is 0 Å². The van der Waals surface area contributed by atoms with Gasteiger partial charge in [0.15, 0.2) is 0 Å². The van der Waals surface area contributed by atoms with E-state index in [0.29, 0.717) is 30.1 Å². The maximum absolute atomic E-state index is 12.4. The molecule has 0 saturated heterocycles. The van der Waals surface area contributed by atoms with Crippen LogP contribution in [0.2, 0.25) is 0 Å². The summed E-state index contributed by atoms with van der Waals surface area (Å²) in [7, 11) is -3.71. The zero-order valence-corrected chi connectivity index (χ0v) is 16.2. The standard InChI is InChI=1S/C17H16IN3O3S/c18-13-5-1-4-12(10-13)17(22)20-14-6-2-7-15(11-14)25(23,24)21-16-8-3-9-19-16/h1-2,4-7,10-11H,3,8-9H2,(H,19,21)(H,20,22). The fourth-order valence-corrected chi connectivity index (χ4v) is 4.09. The Labute approximate surface area is 159 Å². The maximum Gasteiger partial charge on any atom is 0.262 e. The van der Waals surface area contributed by atoms with Gasteiger partial charge in [0.25, 0.3) is 15.9 Å². The summed E-state index contributed by atoms with van der Waals surface area (Å²) in [5.41, 5.74) is 0.929. The third kappa shape index (κ3) is 4.57. The number of hydrogen-bond donors (Lipinski definition) is 2. The molecule has 1 amide bonds. The number of nitrogens with zero attached hydrogens (tertiary/aromatic N) is 1.